The van der Waals surface area contributed by atoms with Crippen molar-refractivity contribution >= 4 is 0 Å². The van der Waals surface area contributed by atoms with E-state index in [1.54, 1.807) is 0 Å². The second kappa shape index (κ2) is 3.94. The molecule has 0 bridgehead atoms. The van der Waals surface area contributed by atoms with Gasteiger partial charge in [0.1, 0.15) is 0 Å². The predicted octanol–water partition coefficient (Wildman–Crippen LogP) is 1.50. The third kappa shape index (κ3) is 2.41. The predicted molar refractivity (Wildman–Crippen MR) is 51.7 cm³/mol. The summed E-state index contributed by atoms with van der Waals surface area (Å²) in [5.41, 5.74) is 8.06. The van der Waals surface area contributed by atoms with Gasteiger partial charge >= 0.3 is 0 Å². The van der Waals surface area contributed by atoms with Crippen molar-refractivity contribution in [2.75, 3.05) is 0 Å². The largest absolute Gasteiger partial charge is 0.317 e. The summed E-state index contributed by atoms with van der Waals surface area (Å²) in [5, 5.41) is 0. The quantitative estimate of drug-likeness (QED) is 0.650. The first-order valence-electron chi connectivity index (χ1n) is 3.99. The molecule has 62 valence electrons. The maximum atomic E-state index is 5.61. The Morgan fingerprint density at radius 1 is 1.42 bits per heavy atom. The minimum absolute atomic E-state index is 0.160. The lowest BCUT2D eigenvalue weighted by Crippen LogP contribution is -2.19. The highest BCUT2D eigenvalue weighted by Crippen LogP contribution is 2.04. The van der Waals surface area contributed by atoms with Crippen LogP contribution in [0.3, 0.4) is 0 Å². The fourth-order valence-electron chi connectivity index (χ4n) is 1.04. The highest BCUT2D eigenvalue weighted by Gasteiger charge is 1.98. The summed E-state index contributed by atoms with van der Waals surface area (Å²) in [7, 11) is 0. The molecule has 0 aliphatic carbocycles. The lowest BCUT2D eigenvalue weighted by atomic mass is 10.1. The van der Waals surface area contributed by atoms with Crippen molar-refractivity contribution in [3.8, 4) is 12.3 Å². The van der Waals surface area contributed by atoms with Crippen molar-refractivity contribution in [1.29, 1.82) is 0 Å². The van der Waals surface area contributed by atoms with Crippen LogP contribution in [0.15, 0.2) is 24.3 Å². The van der Waals surface area contributed by atoms with Crippen LogP contribution < -0.4 is 5.73 Å². The maximum Gasteiger partial charge on any atom is 0.0702 e. The zero-order valence-electron chi connectivity index (χ0n) is 7.25. The Bertz CT molecular complexity index is 279. The molecule has 1 aromatic carbocycles. The summed E-state index contributed by atoms with van der Waals surface area (Å²) in [6.45, 7) is 2.06. The molecule has 0 radical (unpaired) electrons. The van der Waals surface area contributed by atoms with Gasteiger partial charge in [0, 0.05) is 0 Å². The van der Waals surface area contributed by atoms with E-state index < -0.39 is 0 Å². The molecule has 2 N–H and O–H groups in total. The van der Waals surface area contributed by atoms with Gasteiger partial charge in [0.15, 0.2) is 0 Å². The van der Waals surface area contributed by atoms with E-state index in [9.17, 15) is 0 Å². The number of terminal acetylenes is 1. The Morgan fingerprint density at radius 2 is 2.00 bits per heavy atom. The Balaban J connectivity index is 2.66. The number of nitrogens with two attached hydrogens (primary N) is 1. The van der Waals surface area contributed by atoms with E-state index in [0.717, 1.165) is 6.42 Å². The third-order valence-corrected chi connectivity index (χ3v) is 1.79. The molecule has 0 saturated carbocycles. The molecular formula is C11H13N. The molecule has 1 heteroatoms. The van der Waals surface area contributed by atoms with E-state index in [4.69, 9.17) is 12.2 Å². The Kier molecular flexibility index (Phi) is 2.90. The highest BCUT2D eigenvalue weighted by atomic mass is 14.6. The van der Waals surface area contributed by atoms with Crippen molar-refractivity contribution in [1.82, 2.24) is 0 Å². The van der Waals surface area contributed by atoms with Gasteiger partial charge in [-0.05, 0) is 18.9 Å². The van der Waals surface area contributed by atoms with Crippen molar-refractivity contribution in [3.05, 3.63) is 35.4 Å². The number of benzene rings is 1. The lowest BCUT2D eigenvalue weighted by molar-refractivity contribution is 0.835. The molecule has 0 saturated heterocycles. The molecule has 1 rings (SSSR count). The summed E-state index contributed by atoms with van der Waals surface area (Å²) in [5.74, 6) is 2.51. The number of hydrogen-bond donors (Lipinski definition) is 1. The smallest absolute Gasteiger partial charge is 0.0702 e. The van der Waals surface area contributed by atoms with Gasteiger partial charge in [0.2, 0.25) is 0 Å². The molecule has 0 spiro atoms. The van der Waals surface area contributed by atoms with Crippen molar-refractivity contribution in [2.45, 2.75) is 19.4 Å². The molecule has 0 aromatic heterocycles. The van der Waals surface area contributed by atoms with Gasteiger partial charge in [0.25, 0.3) is 0 Å². The molecule has 1 atom stereocenters. The first kappa shape index (κ1) is 8.83. The van der Waals surface area contributed by atoms with E-state index in [0.29, 0.717) is 0 Å². The molecule has 1 nitrogen and oxygen atoms in total. The van der Waals surface area contributed by atoms with Crippen LogP contribution in [-0.2, 0) is 6.42 Å². The Hall–Kier alpha value is -1.26. The van der Waals surface area contributed by atoms with Crippen LogP contribution in [0.1, 0.15) is 11.1 Å². The second-order valence-electron chi connectivity index (χ2n) is 2.96. The van der Waals surface area contributed by atoms with Crippen molar-refractivity contribution in [2.24, 2.45) is 5.73 Å². The van der Waals surface area contributed by atoms with Crippen LogP contribution in [0.5, 0.6) is 0 Å². The zero-order valence-corrected chi connectivity index (χ0v) is 7.25. The van der Waals surface area contributed by atoms with Crippen LogP contribution in [0.2, 0.25) is 0 Å². The van der Waals surface area contributed by atoms with Crippen LogP contribution in [-0.4, -0.2) is 6.04 Å². The van der Waals surface area contributed by atoms with Crippen LogP contribution >= 0.6 is 0 Å². The van der Waals surface area contributed by atoms with E-state index in [-0.39, 0.29) is 6.04 Å². The normalized spacial score (nSPS) is 12.1. The van der Waals surface area contributed by atoms with Crippen molar-refractivity contribution in [3.63, 3.8) is 0 Å². The standard InChI is InChI=1S/C11H13N/c1-3-11(12)8-10-6-4-9(2)5-7-10/h1,4-7,11H,8,12H2,2H3. The van der Waals surface area contributed by atoms with Crippen LogP contribution in [0, 0.1) is 19.3 Å². The summed E-state index contributed by atoms with van der Waals surface area (Å²) >= 11 is 0. The fourth-order valence-corrected chi connectivity index (χ4v) is 1.04. The summed E-state index contributed by atoms with van der Waals surface area (Å²) in [4.78, 5) is 0. The van der Waals surface area contributed by atoms with E-state index in [1.807, 2.05) is 0 Å². The van der Waals surface area contributed by atoms with Crippen LogP contribution in [0.4, 0.5) is 0 Å². The third-order valence-electron chi connectivity index (χ3n) is 1.79. The molecule has 0 aliphatic heterocycles. The minimum atomic E-state index is -0.160. The highest BCUT2D eigenvalue weighted by molar-refractivity contribution is 5.23. The molecular weight excluding hydrogens is 146 g/mol. The molecule has 1 unspecified atom stereocenters. The van der Waals surface area contributed by atoms with Gasteiger partial charge in [0.05, 0.1) is 6.04 Å². The number of hydrogen-bond acceptors (Lipinski definition) is 1. The minimum Gasteiger partial charge on any atom is -0.317 e. The topological polar surface area (TPSA) is 26.0 Å². The first-order chi connectivity index (χ1) is 5.72. The SMILES string of the molecule is C#CC(N)Cc1ccc(C)cc1. The molecule has 1 aromatic rings. The lowest BCUT2D eigenvalue weighted by Gasteiger charge is -2.03. The Labute approximate surface area is 73.6 Å². The Morgan fingerprint density at radius 3 is 2.50 bits per heavy atom. The van der Waals surface area contributed by atoms with E-state index >= 15 is 0 Å². The van der Waals surface area contributed by atoms with Gasteiger partial charge in [-0.1, -0.05) is 35.7 Å². The molecule has 0 amide bonds. The van der Waals surface area contributed by atoms with Crippen molar-refractivity contribution < 1.29 is 0 Å². The second-order valence-corrected chi connectivity index (χ2v) is 2.96. The average molecular weight is 159 g/mol. The molecule has 0 aliphatic rings. The summed E-state index contributed by atoms with van der Waals surface area (Å²) in [6, 6.07) is 8.10. The monoisotopic (exact) mass is 159 g/mol. The maximum absolute atomic E-state index is 5.61. The van der Waals surface area contributed by atoms with Crippen LogP contribution in [0.25, 0.3) is 0 Å². The number of aryl methyl sites for hydroxylation is 1. The van der Waals surface area contributed by atoms with Gasteiger partial charge in [-0.2, -0.15) is 0 Å². The summed E-state index contributed by atoms with van der Waals surface area (Å²) < 4.78 is 0. The van der Waals surface area contributed by atoms with Gasteiger partial charge in [-0.15, -0.1) is 6.42 Å². The average Bonchev–Trinajstić information content (AvgIpc) is 2.09. The van der Waals surface area contributed by atoms with E-state index in [2.05, 4.69) is 37.1 Å². The zero-order chi connectivity index (χ0) is 8.97. The fraction of sp³-hybridized carbons (Fsp3) is 0.273. The van der Waals surface area contributed by atoms with E-state index in [1.165, 1.54) is 11.1 Å². The molecule has 0 heterocycles. The van der Waals surface area contributed by atoms with Gasteiger partial charge in [-0.25, -0.2) is 0 Å². The number of rotatable bonds is 2. The molecule has 0 fully saturated rings. The molecule has 12 heavy (non-hydrogen) atoms. The first-order valence-corrected chi connectivity index (χ1v) is 3.99. The van der Waals surface area contributed by atoms with Gasteiger partial charge in [-0.3, -0.25) is 0 Å². The summed E-state index contributed by atoms with van der Waals surface area (Å²) in [6.07, 6.45) is 5.94. The van der Waals surface area contributed by atoms with Gasteiger partial charge < -0.3 is 5.73 Å².